The molecular formula is C36H36Cl2FN3O4S. The Labute approximate surface area is 285 Å². The van der Waals surface area contributed by atoms with Crippen molar-refractivity contribution in [1.82, 2.24) is 10.2 Å². The second kappa shape index (κ2) is 15.8. The molecule has 0 saturated heterocycles. The zero-order valence-electron chi connectivity index (χ0n) is 25.7. The van der Waals surface area contributed by atoms with Crippen molar-refractivity contribution in [2.75, 3.05) is 10.8 Å². The third-order valence-corrected chi connectivity index (χ3v) is 10.9. The molecule has 4 aromatic rings. The largest absolute Gasteiger partial charge is 0.352 e. The number of sulfonamides is 1. The summed E-state index contributed by atoms with van der Waals surface area (Å²) in [7, 11) is -4.34. The van der Waals surface area contributed by atoms with Crippen molar-refractivity contribution in [1.29, 1.82) is 0 Å². The molecule has 0 heterocycles. The molecule has 1 fully saturated rings. The summed E-state index contributed by atoms with van der Waals surface area (Å²) in [6, 6.07) is 26.2. The van der Waals surface area contributed by atoms with E-state index in [2.05, 4.69) is 5.32 Å². The van der Waals surface area contributed by atoms with E-state index in [-0.39, 0.29) is 45.5 Å². The lowest BCUT2D eigenvalue weighted by atomic mass is 9.94. The number of nitrogens with one attached hydrogen (secondary N) is 1. The molecule has 0 aliphatic heterocycles. The number of amides is 2. The van der Waals surface area contributed by atoms with Gasteiger partial charge in [0.2, 0.25) is 11.8 Å². The molecular weight excluding hydrogens is 660 g/mol. The van der Waals surface area contributed by atoms with Crippen LogP contribution in [0.25, 0.3) is 0 Å². The van der Waals surface area contributed by atoms with Crippen LogP contribution in [0, 0.1) is 5.82 Å². The van der Waals surface area contributed by atoms with Crippen molar-refractivity contribution in [3.63, 3.8) is 0 Å². The van der Waals surface area contributed by atoms with Crippen LogP contribution in [0.2, 0.25) is 10.0 Å². The van der Waals surface area contributed by atoms with Crippen molar-refractivity contribution < 1.29 is 22.4 Å². The molecule has 1 N–H and O–H groups in total. The van der Waals surface area contributed by atoms with Gasteiger partial charge in [-0.2, -0.15) is 0 Å². The number of hydrogen-bond donors (Lipinski definition) is 1. The highest BCUT2D eigenvalue weighted by atomic mass is 35.5. The average molecular weight is 697 g/mol. The normalized spacial score (nSPS) is 14.3. The van der Waals surface area contributed by atoms with Crippen molar-refractivity contribution in [3.8, 4) is 0 Å². The monoisotopic (exact) mass is 695 g/mol. The summed E-state index contributed by atoms with van der Waals surface area (Å²) in [4.78, 5) is 30.1. The Morgan fingerprint density at radius 3 is 2.11 bits per heavy atom. The lowest BCUT2D eigenvalue weighted by Crippen LogP contribution is -2.55. The first-order valence-corrected chi connectivity index (χ1v) is 17.7. The minimum Gasteiger partial charge on any atom is -0.352 e. The van der Waals surface area contributed by atoms with Gasteiger partial charge in [0.15, 0.2) is 0 Å². The Hall–Kier alpha value is -3.92. The van der Waals surface area contributed by atoms with Gasteiger partial charge in [0.1, 0.15) is 18.4 Å². The second-order valence-electron chi connectivity index (χ2n) is 11.6. The molecule has 7 nitrogen and oxygen atoms in total. The molecule has 0 radical (unpaired) electrons. The highest BCUT2D eigenvalue weighted by Crippen LogP contribution is 2.35. The Morgan fingerprint density at radius 1 is 0.809 bits per heavy atom. The molecule has 0 bridgehead atoms. The Balaban J connectivity index is 1.58. The molecule has 11 heteroatoms. The van der Waals surface area contributed by atoms with E-state index in [0.29, 0.717) is 5.56 Å². The molecule has 0 aromatic heterocycles. The van der Waals surface area contributed by atoms with Gasteiger partial charge in [-0.1, -0.05) is 109 Å². The Kier molecular flexibility index (Phi) is 11.6. The van der Waals surface area contributed by atoms with E-state index in [1.165, 1.54) is 41.3 Å². The summed E-state index contributed by atoms with van der Waals surface area (Å²) >= 11 is 12.9. The third-order valence-electron chi connectivity index (χ3n) is 8.30. The Bertz CT molecular complexity index is 1770. The standard InChI is InChI=1S/C36H36Cl2FN3O4S/c37-31-17-10-18-32(35(31)38)42(47(45,46)30-15-8-3-9-16-30)25-34(43)41(24-27-19-21-28(39)22-20-27)33(23-26-11-4-1-5-12-26)36(44)40-29-13-6-2-7-14-29/h1,3-5,8-12,15-22,29,33H,2,6-7,13-14,23-25H2,(H,40,44). The zero-order valence-corrected chi connectivity index (χ0v) is 28.0. The van der Waals surface area contributed by atoms with Gasteiger partial charge in [0, 0.05) is 19.0 Å². The van der Waals surface area contributed by atoms with E-state index < -0.39 is 34.3 Å². The van der Waals surface area contributed by atoms with Gasteiger partial charge in [0.25, 0.3) is 10.0 Å². The summed E-state index contributed by atoms with van der Waals surface area (Å²) in [6.07, 6.45) is 4.96. The molecule has 1 saturated carbocycles. The predicted molar refractivity (Wildman–Crippen MR) is 183 cm³/mol. The second-order valence-corrected chi connectivity index (χ2v) is 14.2. The summed E-state index contributed by atoms with van der Waals surface area (Å²) in [5, 5.41) is 3.24. The first-order valence-electron chi connectivity index (χ1n) is 15.5. The minimum absolute atomic E-state index is 0.0179. The van der Waals surface area contributed by atoms with Gasteiger partial charge in [0.05, 0.1) is 20.6 Å². The van der Waals surface area contributed by atoms with Crippen LogP contribution in [0.5, 0.6) is 0 Å². The molecule has 1 unspecified atom stereocenters. The van der Waals surface area contributed by atoms with Gasteiger partial charge in [-0.25, -0.2) is 12.8 Å². The van der Waals surface area contributed by atoms with Crippen LogP contribution in [0.15, 0.2) is 108 Å². The van der Waals surface area contributed by atoms with Gasteiger partial charge in [-0.05, 0) is 60.4 Å². The maximum Gasteiger partial charge on any atom is 0.264 e. The highest BCUT2D eigenvalue weighted by Gasteiger charge is 2.36. The molecule has 1 atom stereocenters. The third kappa shape index (κ3) is 8.71. The number of halogens is 3. The van der Waals surface area contributed by atoms with E-state index in [0.717, 1.165) is 42.0 Å². The molecule has 1 aliphatic carbocycles. The summed E-state index contributed by atoms with van der Waals surface area (Å²) in [5.74, 6) is -1.43. The fraction of sp³-hybridized carbons (Fsp3) is 0.278. The van der Waals surface area contributed by atoms with E-state index >= 15 is 0 Å². The molecule has 246 valence electrons. The van der Waals surface area contributed by atoms with Crippen molar-refractivity contribution in [2.24, 2.45) is 0 Å². The number of benzene rings is 4. The number of anilines is 1. The number of carbonyl (C=O) groups is 2. The quantitative estimate of drug-likeness (QED) is 0.167. The molecule has 0 spiro atoms. The van der Waals surface area contributed by atoms with Gasteiger partial charge < -0.3 is 10.2 Å². The molecule has 4 aromatic carbocycles. The van der Waals surface area contributed by atoms with E-state index in [4.69, 9.17) is 23.2 Å². The SMILES string of the molecule is O=C(NC1CCCCC1)C(Cc1ccccc1)N(Cc1ccc(F)cc1)C(=O)CN(c1cccc(Cl)c1Cl)S(=O)(=O)c1ccccc1. The van der Waals surface area contributed by atoms with Crippen LogP contribution in [-0.2, 0) is 32.6 Å². The van der Waals surface area contributed by atoms with E-state index in [1.54, 1.807) is 36.4 Å². The topological polar surface area (TPSA) is 86.8 Å². The number of carbonyl (C=O) groups excluding carboxylic acids is 2. The van der Waals surface area contributed by atoms with Gasteiger partial charge >= 0.3 is 0 Å². The lowest BCUT2D eigenvalue weighted by Gasteiger charge is -2.35. The van der Waals surface area contributed by atoms with Crippen molar-refractivity contribution >= 4 is 50.7 Å². The maximum absolute atomic E-state index is 14.6. The van der Waals surface area contributed by atoms with Gasteiger partial charge in [-0.3, -0.25) is 13.9 Å². The van der Waals surface area contributed by atoms with Crippen LogP contribution in [0.3, 0.4) is 0 Å². The first-order chi connectivity index (χ1) is 22.6. The lowest BCUT2D eigenvalue weighted by molar-refractivity contribution is -0.140. The Morgan fingerprint density at radius 2 is 1.45 bits per heavy atom. The van der Waals surface area contributed by atoms with Crippen molar-refractivity contribution in [3.05, 3.63) is 130 Å². The molecule has 5 rings (SSSR count). The smallest absolute Gasteiger partial charge is 0.264 e. The van der Waals surface area contributed by atoms with Gasteiger partial charge in [-0.15, -0.1) is 0 Å². The summed E-state index contributed by atoms with van der Waals surface area (Å²) in [5.41, 5.74) is 1.41. The molecule has 47 heavy (non-hydrogen) atoms. The summed E-state index contributed by atoms with van der Waals surface area (Å²) < 4.78 is 43.1. The zero-order chi connectivity index (χ0) is 33.4. The first kappa shape index (κ1) is 34.4. The van der Waals surface area contributed by atoms with Crippen LogP contribution >= 0.6 is 23.2 Å². The fourth-order valence-corrected chi connectivity index (χ4v) is 7.70. The van der Waals surface area contributed by atoms with Crippen LogP contribution < -0.4 is 9.62 Å². The fourth-order valence-electron chi connectivity index (χ4n) is 5.80. The summed E-state index contributed by atoms with van der Waals surface area (Å²) in [6.45, 7) is -0.752. The van der Waals surface area contributed by atoms with E-state index in [9.17, 15) is 22.4 Å². The van der Waals surface area contributed by atoms with E-state index in [1.807, 2.05) is 30.3 Å². The number of rotatable bonds is 12. The maximum atomic E-state index is 14.6. The average Bonchev–Trinajstić information content (AvgIpc) is 3.08. The number of hydrogen-bond acceptors (Lipinski definition) is 4. The minimum atomic E-state index is -4.34. The van der Waals surface area contributed by atoms with Crippen LogP contribution in [0.1, 0.15) is 43.2 Å². The molecule has 2 amide bonds. The number of nitrogens with zero attached hydrogens (tertiary/aromatic N) is 2. The van der Waals surface area contributed by atoms with Crippen LogP contribution in [0.4, 0.5) is 10.1 Å². The van der Waals surface area contributed by atoms with Crippen LogP contribution in [-0.4, -0.2) is 43.8 Å². The van der Waals surface area contributed by atoms with Crippen molar-refractivity contribution in [2.45, 2.75) is 62.0 Å². The predicted octanol–water partition coefficient (Wildman–Crippen LogP) is 7.42. The molecule has 1 aliphatic rings. The highest BCUT2D eigenvalue weighted by molar-refractivity contribution is 7.92.